The van der Waals surface area contributed by atoms with Crippen LogP contribution in [0.25, 0.3) is 16.7 Å². The maximum Gasteiger partial charge on any atom is 0.333 e. The van der Waals surface area contributed by atoms with Gasteiger partial charge < -0.3 is 4.74 Å². The molecule has 4 nitrogen and oxygen atoms in total. The average Bonchev–Trinajstić information content (AvgIpc) is 2.85. The summed E-state index contributed by atoms with van der Waals surface area (Å²) in [6.07, 6.45) is 0.759. The molecule has 0 atom stereocenters. The number of hydrogen-bond acceptors (Lipinski definition) is 2. The molecule has 1 aromatic heterocycles. The molecule has 0 aliphatic heterocycles. The minimum Gasteiger partial charge on any atom is -0.493 e. The highest BCUT2D eigenvalue weighted by atomic mass is 16.5. The molecular formula is C23H28N2O2. The van der Waals surface area contributed by atoms with E-state index in [2.05, 4.69) is 58.5 Å². The van der Waals surface area contributed by atoms with Crippen LogP contribution in [0.15, 0.2) is 41.7 Å². The first kappa shape index (κ1) is 19.0. The van der Waals surface area contributed by atoms with E-state index in [1.54, 1.807) is 4.57 Å². The van der Waals surface area contributed by atoms with Crippen molar-refractivity contribution in [3.8, 4) is 5.75 Å². The summed E-state index contributed by atoms with van der Waals surface area (Å²) in [6.45, 7) is 15.3. The van der Waals surface area contributed by atoms with Crippen molar-refractivity contribution in [2.45, 2.75) is 47.6 Å². The van der Waals surface area contributed by atoms with E-state index in [9.17, 15) is 4.79 Å². The molecule has 0 unspecified atom stereocenters. The fourth-order valence-electron chi connectivity index (χ4n) is 3.46. The number of rotatable bonds is 6. The Labute approximate surface area is 160 Å². The molecule has 0 N–H and O–H groups in total. The number of benzene rings is 2. The molecule has 27 heavy (non-hydrogen) atoms. The van der Waals surface area contributed by atoms with Gasteiger partial charge in [-0.15, -0.1) is 0 Å². The Kier molecular flexibility index (Phi) is 5.26. The van der Waals surface area contributed by atoms with E-state index >= 15 is 0 Å². The second-order valence-corrected chi connectivity index (χ2v) is 7.40. The number of imidazole rings is 1. The third-order valence-electron chi connectivity index (χ3n) is 5.04. The highest BCUT2D eigenvalue weighted by Crippen LogP contribution is 2.22. The molecule has 0 bridgehead atoms. The van der Waals surface area contributed by atoms with Crippen LogP contribution in [0.5, 0.6) is 5.75 Å². The highest BCUT2D eigenvalue weighted by molar-refractivity contribution is 5.81. The number of allylic oxidation sites excluding steroid dienone is 1. The maximum atomic E-state index is 12.9. The second-order valence-electron chi connectivity index (χ2n) is 7.40. The van der Waals surface area contributed by atoms with Crippen LogP contribution in [-0.4, -0.2) is 15.7 Å². The average molecular weight is 364 g/mol. The van der Waals surface area contributed by atoms with Crippen molar-refractivity contribution in [3.63, 3.8) is 0 Å². The summed E-state index contributed by atoms with van der Waals surface area (Å²) in [5, 5.41) is 0. The van der Waals surface area contributed by atoms with Gasteiger partial charge in [0.05, 0.1) is 17.6 Å². The molecule has 4 heteroatoms. The summed E-state index contributed by atoms with van der Waals surface area (Å²) < 4.78 is 9.46. The largest absolute Gasteiger partial charge is 0.493 e. The quantitative estimate of drug-likeness (QED) is 0.577. The van der Waals surface area contributed by atoms with E-state index < -0.39 is 0 Å². The third-order valence-corrected chi connectivity index (χ3v) is 5.04. The molecule has 3 aromatic rings. The molecule has 0 aliphatic rings. The second kappa shape index (κ2) is 7.47. The van der Waals surface area contributed by atoms with Crippen molar-refractivity contribution < 1.29 is 4.74 Å². The predicted molar refractivity (Wildman–Crippen MR) is 113 cm³/mol. The number of fused-ring (bicyclic) bond motifs is 1. The summed E-state index contributed by atoms with van der Waals surface area (Å²) in [7, 11) is 0. The molecule has 3 rings (SSSR count). The first-order valence-corrected chi connectivity index (χ1v) is 9.38. The molecule has 0 fully saturated rings. The lowest BCUT2D eigenvalue weighted by Gasteiger charge is -2.10. The fourth-order valence-corrected chi connectivity index (χ4v) is 3.46. The Balaban J connectivity index is 1.82. The van der Waals surface area contributed by atoms with Crippen molar-refractivity contribution in [1.82, 2.24) is 9.13 Å². The van der Waals surface area contributed by atoms with Crippen LogP contribution in [0.3, 0.4) is 0 Å². The molecule has 0 amide bonds. The lowest BCUT2D eigenvalue weighted by molar-refractivity contribution is 0.300. The number of aromatic nitrogens is 2. The zero-order valence-electron chi connectivity index (χ0n) is 16.9. The van der Waals surface area contributed by atoms with Gasteiger partial charge in [-0.3, -0.25) is 9.13 Å². The summed E-state index contributed by atoms with van der Waals surface area (Å²) in [5.74, 6) is 0.906. The lowest BCUT2D eigenvalue weighted by Crippen LogP contribution is -2.24. The Hall–Kier alpha value is -2.75. The molecule has 0 aliphatic carbocycles. The SMILES string of the molecule is C=C(C)n1c(=O)n(CCCOc2ccc(C)cc2C)c2cc(C)c(C)cc21. The zero-order valence-corrected chi connectivity index (χ0v) is 16.9. The molecule has 0 saturated carbocycles. The normalized spacial score (nSPS) is 11.1. The predicted octanol–water partition coefficient (Wildman–Crippen LogP) is 5.00. The summed E-state index contributed by atoms with van der Waals surface area (Å²) in [5.41, 5.74) is 7.30. The van der Waals surface area contributed by atoms with Gasteiger partial charge in [0.1, 0.15) is 5.75 Å². The first-order chi connectivity index (χ1) is 12.8. The van der Waals surface area contributed by atoms with Crippen LogP contribution in [0.2, 0.25) is 0 Å². The summed E-state index contributed by atoms with van der Waals surface area (Å²) in [4.78, 5) is 12.9. The molecule has 1 heterocycles. The minimum absolute atomic E-state index is 0.0333. The van der Waals surface area contributed by atoms with Gasteiger partial charge in [0.25, 0.3) is 0 Å². The van der Waals surface area contributed by atoms with Crippen LogP contribution < -0.4 is 10.4 Å². The number of ether oxygens (including phenoxy) is 1. The van der Waals surface area contributed by atoms with Crippen molar-refractivity contribution >= 4 is 16.7 Å². The van der Waals surface area contributed by atoms with Crippen LogP contribution in [0.4, 0.5) is 0 Å². The fraction of sp³-hybridized carbons (Fsp3) is 0.348. The summed E-state index contributed by atoms with van der Waals surface area (Å²) in [6, 6.07) is 10.3. The van der Waals surface area contributed by atoms with Gasteiger partial charge in [-0.05, 0) is 75.9 Å². The topological polar surface area (TPSA) is 36.2 Å². The van der Waals surface area contributed by atoms with Gasteiger partial charge in [-0.25, -0.2) is 4.79 Å². The van der Waals surface area contributed by atoms with E-state index in [1.807, 2.05) is 17.6 Å². The van der Waals surface area contributed by atoms with Crippen molar-refractivity contribution in [2.75, 3.05) is 6.61 Å². The van der Waals surface area contributed by atoms with Crippen LogP contribution in [-0.2, 0) is 6.54 Å². The van der Waals surface area contributed by atoms with Gasteiger partial charge in [0.2, 0.25) is 0 Å². The van der Waals surface area contributed by atoms with E-state index in [1.165, 1.54) is 16.7 Å². The van der Waals surface area contributed by atoms with Gasteiger partial charge in [0, 0.05) is 12.2 Å². The Morgan fingerprint density at radius 2 is 1.67 bits per heavy atom. The zero-order chi connectivity index (χ0) is 19.7. The lowest BCUT2D eigenvalue weighted by atomic mass is 10.1. The van der Waals surface area contributed by atoms with Gasteiger partial charge in [-0.1, -0.05) is 24.3 Å². The maximum absolute atomic E-state index is 12.9. The molecular weight excluding hydrogens is 336 g/mol. The molecule has 142 valence electrons. The Morgan fingerprint density at radius 1 is 1.00 bits per heavy atom. The van der Waals surface area contributed by atoms with Crippen molar-refractivity contribution in [1.29, 1.82) is 0 Å². The minimum atomic E-state index is -0.0333. The van der Waals surface area contributed by atoms with Crippen molar-refractivity contribution in [2.24, 2.45) is 0 Å². The van der Waals surface area contributed by atoms with E-state index in [4.69, 9.17) is 4.74 Å². The smallest absolute Gasteiger partial charge is 0.333 e. The molecule has 0 saturated heterocycles. The summed E-state index contributed by atoms with van der Waals surface area (Å²) >= 11 is 0. The Morgan fingerprint density at radius 3 is 2.30 bits per heavy atom. The third kappa shape index (κ3) is 3.70. The number of nitrogens with zero attached hydrogens (tertiary/aromatic N) is 2. The first-order valence-electron chi connectivity index (χ1n) is 9.38. The van der Waals surface area contributed by atoms with E-state index in [0.717, 1.165) is 34.5 Å². The molecule has 0 spiro atoms. The Bertz CT molecular complexity index is 1070. The monoisotopic (exact) mass is 364 g/mol. The van der Waals surface area contributed by atoms with E-state index in [-0.39, 0.29) is 5.69 Å². The van der Waals surface area contributed by atoms with Gasteiger partial charge in [-0.2, -0.15) is 0 Å². The van der Waals surface area contributed by atoms with Crippen molar-refractivity contribution in [3.05, 3.63) is 69.6 Å². The highest BCUT2D eigenvalue weighted by Gasteiger charge is 2.14. The van der Waals surface area contributed by atoms with Crippen LogP contribution in [0, 0.1) is 27.7 Å². The standard InChI is InChI=1S/C23H28N2O2/c1-15(2)25-21-14-18(5)17(4)13-20(21)24(23(25)26)10-7-11-27-22-9-8-16(3)12-19(22)6/h8-9,12-14H,1,7,10-11H2,2-6H3. The van der Waals surface area contributed by atoms with Gasteiger partial charge in [0.15, 0.2) is 0 Å². The number of aryl methyl sites for hydroxylation is 5. The molecule has 2 aromatic carbocycles. The van der Waals surface area contributed by atoms with E-state index in [0.29, 0.717) is 13.2 Å². The molecule has 0 radical (unpaired) electrons. The van der Waals surface area contributed by atoms with Crippen LogP contribution >= 0.6 is 0 Å². The van der Waals surface area contributed by atoms with Gasteiger partial charge >= 0.3 is 5.69 Å². The van der Waals surface area contributed by atoms with Crippen LogP contribution in [0.1, 0.15) is 35.6 Å². The number of hydrogen-bond donors (Lipinski definition) is 0.